The maximum atomic E-state index is 5.88. The van der Waals surface area contributed by atoms with Crippen LogP contribution in [0.4, 0.5) is 0 Å². The first-order valence-electron chi connectivity index (χ1n) is 5.91. The zero-order valence-corrected chi connectivity index (χ0v) is 10.2. The predicted octanol–water partition coefficient (Wildman–Crippen LogP) is 3.71. The first kappa shape index (κ1) is 11.2. The third-order valence-electron chi connectivity index (χ3n) is 2.99. The van der Waals surface area contributed by atoms with Crippen molar-refractivity contribution in [1.29, 1.82) is 0 Å². The molecule has 86 valence electrons. The Labute approximate surface area is 96.4 Å². The van der Waals surface area contributed by atoms with Crippen LogP contribution in [0.2, 0.25) is 0 Å². The second kappa shape index (κ2) is 4.30. The molecule has 0 aliphatic rings. The van der Waals surface area contributed by atoms with Gasteiger partial charge in [-0.1, -0.05) is 19.4 Å². The van der Waals surface area contributed by atoms with E-state index in [4.69, 9.17) is 10.2 Å². The van der Waals surface area contributed by atoms with Gasteiger partial charge in [-0.25, -0.2) is 0 Å². The van der Waals surface area contributed by atoms with Crippen molar-refractivity contribution in [3.05, 3.63) is 35.1 Å². The third kappa shape index (κ3) is 1.85. The van der Waals surface area contributed by atoms with Crippen molar-refractivity contribution in [2.24, 2.45) is 5.73 Å². The molecule has 0 saturated heterocycles. The van der Waals surface area contributed by atoms with Crippen molar-refractivity contribution >= 4 is 11.0 Å². The van der Waals surface area contributed by atoms with Gasteiger partial charge in [0.05, 0.1) is 6.04 Å². The summed E-state index contributed by atoms with van der Waals surface area (Å²) in [5.74, 6) is 0.906. The van der Waals surface area contributed by atoms with Crippen LogP contribution in [0.5, 0.6) is 0 Å². The fourth-order valence-corrected chi connectivity index (χ4v) is 2.17. The van der Waals surface area contributed by atoms with Gasteiger partial charge < -0.3 is 10.2 Å². The van der Waals surface area contributed by atoms with E-state index in [1.807, 2.05) is 6.92 Å². The zero-order valence-electron chi connectivity index (χ0n) is 10.2. The highest BCUT2D eigenvalue weighted by atomic mass is 16.3. The number of hydrogen-bond donors (Lipinski definition) is 1. The average molecular weight is 217 g/mol. The Morgan fingerprint density at radius 1 is 1.38 bits per heavy atom. The van der Waals surface area contributed by atoms with Gasteiger partial charge in [0.15, 0.2) is 0 Å². The van der Waals surface area contributed by atoms with Crippen LogP contribution in [0.3, 0.4) is 0 Å². The van der Waals surface area contributed by atoms with E-state index in [0.29, 0.717) is 0 Å². The predicted molar refractivity (Wildman–Crippen MR) is 67.5 cm³/mol. The summed E-state index contributed by atoms with van der Waals surface area (Å²) in [6.07, 6.45) is 2.29. The average Bonchev–Trinajstić information content (AvgIpc) is 2.57. The molecule has 0 aliphatic carbocycles. The van der Waals surface area contributed by atoms with Crippen LogP contribution in [0.15, 0.2) is 22.6 Å². The summed E-state index contributed by atoms with van der Waals surface area (Å²) in [7, 11) is 0. The molecule has 1 unspecified atom stereocenters. The van der Waals surface area contributed by atoms with Crippen LogP contribution < -0.4 is 5.73 Å². The lowest BCUT2D eigenvalue weighted by Gasteiger charge is -2.00. The fraction of sp³-hybridized carbons (Fsp3) is 0.429. The largest absolute Gasteiger partial charge is 0.459 e. The van der Waals surface area contributed by atoms with Gasteiger partial charge in [-0.2, -0.15) is 0 Å². The molecule has 1 aromatic heterocycles. The Bertz CT molecular complexity index is 497. The first-order chi connectivity index (χ1) is 7.63. The van der Waals surface area contributed by atoms with E-state index in [1.165, 1.54) is 22.9 Å². The minimum absolute atomic E-state index is 0.0398. The molecule has 0 fully saturated rings. The molecule has 1 atom stereocenters. The fourth-order valence-electron chi connectivity index (χ4n) is 2.17. The van der Waals surface area contributed by atoms with E-state index in [1.54, 1.807) is 0 Å². The minimum Gasteiger partial charge on any atom is -0.459 e. The van der Waals surface area contributed by atoms with Crippen molar-refractivity contribution in [3.63, 3.8) is 0 Å². The number of benzene rings is 1. The highest BCUT2D eigenvalue weighted by Crippen LogP contribution is 2.29. The monoisotopic (exact) mass is 217 g/mol. The van der Waals surface area contributed by atoms with Crippen LogP contribution in [0, 0.1) is 6.92 Å². The van der Waals surface area contributed by atoms with E-state index in [0.717, 1.165) is 17.8 Å². The molecular formula is C14H19NO. The lowest BCUT2D eigenvalue weighted by molar-refractivity contribution is 0.509. The Morgan fingerprint density at radius 2 is 2.12 bits per heavy atom. The third-order valence-corrected chi connectivity index (χ3v) is 2.99. The molecule has 2 nitrogen and oxygen atoms in total. The Kier molecular flexibility index (Phi) is 3.01. The topological polar surface area (TPSA) is 39.2 Å². The molecule has 1 aromatic carbocycles. The summed E-state index contributed by atoms with van der Waals surface area (Å²) in [6, 6.07) is 6.38. The second-order valence-corrected chi connectivity index (χ2v) is 4.46. The van der Waals surface area contributed by atoms with Gasteiger partial charge in [0, 0.05) is 5.39 Å². The summed E-state index contributed by atoms with van der Waals surface area (Å²) in [4.78, 5) is 0. The van der Waals surface area contributed by atoms with E-state index >= 15 is 0 Å². The van der Waals surface area contributed by atoms with E-state index in [2.05, 4.69) is 32.0 Å². The summed E-state index contributed by atoms with van der Waals surface area (Å²) in [5, 5.41) is 1.21. The molecular weight excluding hydrogens is 198 g/mol. The van der Waals surface area contributed by atoms with Crippen molar-refractivity contribution in [2.45, 2.75) is 39.7 Å². The molecule has 0 radical (unpaired) electrons. The molecule has 2 rings (SSSR count). The van der Waals surface area contributed by atoms with Crippen LogP contribution in [0.1, 0.15) is 43.2 Å². The summed E-state index contributed by atoms with van der Waals surface area (Å²) in [5.41, 5.74) is 9.38. The molecule has 1 heterocycles. The van der Waals surface area contributed by atoms with Crippen LogP contribution in [-0.2, 0) is 6.42 Å². The van der Waals surface area contributed by atoms with Gasteiger partial charge in [-0.05, 0) is 43.5 Å². The van der Waals surface area contributed by atoms with Crippen LogP contribution in [0.25, 0.3) is 11.0 Å². The maximum Gasteiger partial charge on any atom is 0.134 e. The van der Waals surface area contributed by atoms with Crippen molar-refractivity contribution in [1.82, 2.24) is 0 Å². The molecule has 0 bridgehead atoms. The van der Waals surface area contributed by atoms with Gasteiger partial charge in [0.25, 0.3) is 0 Å². The van der Waals surface area contributed by atoms with Crippen LogP contribution in [-0.4, -0.2) is 0 Å². The zero-order chi connectivity index (χ0) is 11.7. The normalized spacial score (nSPS) is 13.2. The number of aryl methyl sites for hydroxylation is 2. The molecule has 2 heteroatoms. The van der Waals surface area contributed by atoms with Gasteiger partial charge >= 0.3 is 0 Å². The van der Waals surface area contributed by atoms with Gasteiger partial charge in [-0.15, -0.1) is 0 Å². The SMILES string of the molecule is CCCc1ccc2oc(C(C)N)c(C)c2c1. The van der Waals surface area contributed by atoms with E-state index < -0.39 is 0 Å². The standard InChI is InChI=1S/C14H19NO/c1-4-5-11-6-7-13-12(8-11)9(2)14(16-13)10(3)15/h6-8,10H,4-5,15H2,1-3H3. The Balaban J connectivity index is 2.55. The minimum atomic E-state index is -0.0398. The summed E-state index contributed by atoms with van der Waals surface area (Å²) < 4.78 is 5.77. The second-order valence-electron chi connectivity index (χ2n) is 4.46. The summed E-state index contributed by atoms with van der Waals surface area (Å²) in [6.45, 7) is 6.23. The number of fused-ring (bicyclic) bond motifs is 1. The number of rotatable bonds is 3. The first-order valence-corrected chi connectivity index (χ1v) is 5.91. The smallest absolute Gasteiger partial charge is 0.134 e. The molecule has 16 heavy (non-hydrogen) atoms. The highest BCUT2D eigenvalue weighted by Gasteiger charge is 2.13. The van der Waals surface area contributed by atoms with Gasteiger partial charge in [0.1, 0.15) is 11.3 Å². The number of furan rings is 1. The number of nitrogens with two attached hydrogens (primary N) is 1. The Morgan fingerprint density at radius 3 is 2.75 bits per heavy atom. The lowest BCUT2D eigenvalue weighted by Crippen LogP contribution is -2.04. The van der Waals surface area contributed by atoms with Crippen molar-refractivity contribution < 1.29 is 4.42 Å². The quantitative estimate of drug-likeness (QED) is 0.851. The molecule has 0 saturated carbocycles. The maximum absolute atomic E-state index is 5.88. The Hall–Kier alpha value is -1.28. The molecule has 0 aliphatic heterocycles. The van der Waals surface area contributed by atoms with Crippen LogP contribution >= 0.6 is 0 Å². The summed E-state index contributed by atoms with van der Waals surface area (Å²) >= 11 is 0. The van der Waals surface area contributed by atoms with Gasteiger partial charge in [-0.3, -0.25) is 0 Å². The van der Waals surface area contributed by atoms with Crippen molar-refractivity contribution in [2.75, 3.05) is 0 Å². The number of hydrogen-bond acceptors (Lipinski definition) is 2. The highest BCUT2D eigenvalue weighted by molar-refractivity contribution is 5.82. The molecule has 0 amide bonds. The van der Waals surface area contributed by atoms with E-state index in [-0.39, 0.29) is 6.04 Å². The van der Waals surface area contributed by atoms with Gasteiger partial charge in [0.2, 0.25) is 0 Å². The lowest BCUT2D eigenvalue weighted by atomic mass is 10.0. The van der Waals surface area contributed by atoms with E-state index in [9.17, 15) is 0 Å². The van der Waals surface area contributed by atoms with Crippen molar-refractivity contribution in [3.8, 4) is 0 Å². The molecule has 0 spiro atoms. The molecule has 2 N–H and O–H groups in total. The molecule has 2 aromatic rings.